The van der Waals surface area contributed by atoms with Crippen molar-refractivity contribution >= 4 is 23.8 Å². The van der Waals surface area contributed by atoms with Gasteiger partial charge in [-0.15, -0.1) is 0 Å². The normalized spacial score (nSPS) is 12.7. The summed E-state index contributed by atoms with van der Waals surface area (Å²) >= 11 is 0. The van der Waals surface area contributed by atoms with Crippen molar-refractivity contribution in [3.05, 3.63) is 35.9 Å². The van der Waals surface area contributed by atoms with Crippen molar-refractivity contribution in [2.45, 2.75) is 31.3 Å². The van der Waals surface area contributed by atoms with Crippen LogP contribution < -0.4 is 11.1 Å². The molecule has 1 aromatic rings. The fourth-order valence-corrected chi connectivity index (χ4v) is 2.31. The molecule has 2 amide bonds. The number of rotatable bonds is 10. The van der Waals surface area contributed by atoms with E-state index in [9.17, 15) is 19.2 Å². The molecule has 0 spiro atoms. The second-order valence-corrected chi connectivity index (χ2v) is 5.88. The molecule has 9 heteroatoms. The van der Waals surface area contributed by atoms with Crippen LogP contribution in [-0.4, -0.2) is 64.5 Å². The highest BCUT2D eigenvalue weighted by atomic mass is 16.4. The Balaban J connectivity index is 2.76. The molecule has 0 aliphatic rings. The first-order chi connectivity index (χ1) is 12.2. The molecule has 0 heterocycles. The number of carbonyl (C=O) groups excluding carboxylic acids is 2. The summed E-state index contributed by atoms with van der Waals surface area (Å²) < 4.78 is 0. The van der Waals surface area contributed by atoms with E-state index in [1.807, 2.05) is 6.07 Å². The van der Waals surface area contributed by atoms with Gasteiger partial charge in [-0.05, 0) is 18.4 Å². The number of likely N-dealkylation sites (N-methyl/N-ethyl adjacent to an activating group) is 1. The summed E-state index contributed by atoms with van der Waals surface area (Å²) in [6, 6.07) is 6.96. The topological polar surface area (TPSA) is 150 Å². The first-order valence-corrected chi connectivity index (χ1v) is 7.99. The van der Waals surface area contributed by atoms with E-state index in [0.29, 0.717) is 0 Å². The number of nitrogens with one attached hydrogen (secondary N) is 1. The van der Waals surface area contributed by atoms with Gasteiger partial charge >= 0.3 is 11.9 Å². The number of aliphatic carboxylic acids is 2. The second-order valence-electron chi connectivity index (χ2n) is 5.88. The highest BCUT2D eigenvalue weighted by Gasteiger charge is 2.27. The van der Waals surface area contributed by atoms with Crippen molar-refractivity contribution in [1.29, 1.82) is 0 Å². The first-order valence-electron chi connectivity index (χ1n) is 7.99. The van der Waals surface area contributed by atoms with Gasteiger partial charge in [-0.3, -0.25) is 19.2 Å². The maximum atomic E-state index is 12.3. The summed E-state index contributed by atoms with van der Waals surface area (Å²) in [5.41, 5.74) is 6.70. The van der Waals surface area contributed by atoms with Crippen molar-refractivity contribution in [3.8, 4) is 0 Å². The predicted octanol–water partition coefficient (Wildman–Crippen LogP) is -0.551. The Morgan fingerprint density at radius 3 is 2.27 bits per heavy atom. The molecule has 9 nitrogen and oxygen atoms in total. The van der Waals surface area contributed by atoms with Crippen LogP contribution in [0.4, 0.5) is 0 Å². The number of hydrogen-bond acceptors (Lipinski definition) is 5. The predicted molar refractivity (Wildman–Crippen MR) is 92.2 cm³/mol. The maximum Gasteiger partial charge on any atom is 0.323 e. The van der Waals surface area contributed by atoms with Crippen LogP contribution in [0.5, 0.6) is 0 Å². The van der Waals surface area contributed by atoms with E-state index in [1.165, 1.54) is 7.05 Å². The van der Waals surface area contributed by atoms with E-state index in [2.05, 4.69) is 5.32 Å². The van der Waals surface area contributed by atoms with Gasteiger partial charge in [-0.2, -0.15) is 0 Å². The van der Waals surface area contributed by atoms with E-state index < -0.39 is 42.4 Å². The van der Waals surface area contributed by atoms with Crippen molar-refractivity contribution in [2.24, 2.45) is 5.73 Å². The molecule has 26 heavy (non-hydrogen) atoms. The molecule has 0 unspecified atom stereocenters. The largest absolute Gasteiger partial charge is 0.481 e. The molecule has 0 saturated heterocycles. The number of carboxylic acid groups (broad SMARTS) is 2. The molecule has 1 aromatic carbocycles. The van der Waals surface area contributed by atoms with Gasteiger partial charge in [-0.1, -0.05) is 30.3 Å². The molecule has 0 aliphatic heterocycles. The van der Waals surface area contributed by atoms with Crippen LogP contribution in [0.25, 0.3) is 0 Å². The Hall–Kier alpha value is -2.94. The highest BCUT2D eigenvalue weighted by Crippen LogP contribution is 2.05. The van der Waals surface area contributed by atoms with Crippen molar-refractivity contribution in [3.63, 3.8) is 0 Å². The Morgan fingerprint density at radius 1 is 1.12 bits per heavy atom. The van der Waals surface area contributed by atoms with Crippen LogP contribution in [0.15, 0.2) is 30.3 Å². The number of carboxylic acids is 2. The van der Waals surface area contributed by atoms with Crippen LogP contribution in [0, 0.1) is 0 Å². The van der Waals surface area contributed by atoms with Crippen molar-refractivity contribution in [1.82, 2.24) is 10.2 Å². The lowest BCUT2D eigenvalue weighted by Gasteiger charge is -2.24. The smallest absolute Gasteiger partial charge is 0.323 e. The van der Waals surface area contributed by atoms with Crippen LogP contribution in [0.1, 0.15) is 18.4 Å². The zero-order valence-corrected chi connectivity index (χ0v) is 14.4. The molecule has 0 saturated carbocycles. The van der Waals surface area contributed by atoms with Crippen LogP contribution >= 0.6 is 0 Å². The highest BCUT2D eigenvalue weighted by molar-refractivity contribution is 5.91. The lowest BCUT2D eigenvalue weighted by atomic mass is 10.0. The third-order valence-electron chi connectivity index (χ3n) is 3.65. The average molecular weight is 365 g/mol. The summed E-state index contributed by atoms with van der Waals surface area (Å²) in [6.07, 6.45) is -0.273. The number of carbonyl (C=O) groups is 4. The molecule has 0 aromatic heterocycles. The lowest BCUT2D eigenvalue weighted by molar-refractivity contribution is -0.145. The van der Waals surface area contributed by atoms with Gasteiger partial charge in [0.2, 0.25) is 11.8 Å². The minimum absolute atomic E-state index is 0.165. The number of benzene rings is 1. The molecule has 0 aliphatic carbocycles. The van der Waals surface area contributed by atoms with Crippen LogP contribution in [0.2, 0.25) is 0 Å². The van der Waals surface area contributed by atoms with E-state index in [1.54, 1.807) is 24.3 Å². The molecular weight excluding hydrogens is 342 g/mol. The monoisotopic (exact) mass is 365 g/mol. The van der Waals surface area contributed by atoms with Crippen LogP contribution in [-0.2, 0) is 25.6 Å². The minimum atomic E-state index is -1.22. The van der Waals surface area contributed by atoms with Crippen molar-refractivity contribution in [2.75, 3.05) is 13.6 Å². The molecular formula is C17H23N3O6. The van der Waals surface area contributed by atoms with Gasteiger partial charge in [0.05, 0.1) is 6.04 Å². The number of nitrogens with zero attached hydrogens (tertiary/aromatic N) is 1. The second kappa shape index (κ2) is 10.1. The summed E-state index contributed by atoms with van der Waals surface area (Å²) in [7, 11) is 1.26. The molecule has 0 radical (unpaired) electrons. The molecule has 2 atom stereocenters. The quantitative estimate of drug-likeness (QED) is 0.434. The molecule has 1 rings (SSSR count). The van der Waals surface area contributed by atoms with E-state index in [0.717, 1.165) is 10.5 Å². The molecule has 142 valence electrons. The minimum Gasteiger partial charge on any atom is -0.481 e. The Bertz CT molecular complexity index is 649. The van der Waals surface area contributed by atoms with Gasteiger partial charge in [0.1, 0.15) is 12.6 Å². The van der Waals surface area contributed by atoms with Gasteiger partial charge in [-0.25, -0.2) is 0 Å². The molecule has 0 fully saturated rings. The Labute approximate surface area is 150 Å². The molecule has 0 bridgehead atoms. The van der Waals surface area contributed by atoms with E-state index >= 15 is 0 Å². The van der Waals surface area contributed by atoms with Crippen molar-refractivity contribution < 1.29 is 29.4 Å². The average Bonchev–Trinajstić information content (AvgIpc) is 2.57. The van der Waals surface area contributed by atoms with Gasteiger partial charge in [0.25, 0.3) is 0 Å². The number of hydrogen-bond donors (Lipinski definition) is 4. The summed E-state index contributed by atoms with van der Waals surface area (Å²) in [5, 5.41) is 20.0. The van der Waals surface area contributed by atoms with Gasteiger partial charge in [0, 0.05) is 13.5 Å². The summed E-state index contributed by atoms with van der Waals surface area (Å²) in [6.45, 7) is -0.561. The number of nitrogens with two attached hydrogens (primary N) is 1. The van der Waals surface area contributed by atoms with Gasteiger partial charge in [0.15, 0.2) is 0 Å². The van der Waals surface area contributed by atoms with Crippen LogP contribution in [0.3, 0.4) is 0 Å². The maximum absolute atomic E-state index is 12.3. The number of amides is 2. The third-order valence-corrected chi connectivity index (χ3v) is 3.65. The summed E-state index contributed by atoms with van der Waals surface area (Å²) in [5.74, 6) is -3.65. The SMILES string of the molecule is CN(CC(=O)O)C(=O)[C@H](CCC(=O)O)NC(=O)[C@@H](N)Cc1ccccc1. The molecule has 5 N–H and O–H groups in total. The summed E-state index contributed by atoms with van der Waals surface area (Å²) in [4.78, 5) is 47.0. The third kappa shape index (κ3) is 7.31. The Morgan fingerprint density at radius 2 is 1.73 bits per heavy atom. The fourth-order valence-electron chi connectivity index (χ4n) is 2.31. The lowest BCUT2D eigenvalue weighted by Crippen LogP contribution is -2.53. The zero-order chi connectivity index (χ0) is 19.7. The van der Waals surface area contributed by atoms with Gasteiger partial charge < -0.3 is 26.2 Å². The van der Waals surface area contributed by atoms with E-state index in [-0.39, 0.29) is 19.3 Å². The van der Waals surface area contributed by atoms with E-state index in [4.69, 9.17) is 15.9 Å². The standard InChI is InChI=1S/C17H23N3O6/c1-20(10-15(23)24)17(26)13(7-8-14(21)22)19-16(25)12(18)9-11-5-3-2-4-6-11/h2-6,12-13H,7-10,18H2,1H3,(H,19,25)(H,21,22)(H,23,24)/t12-,13-/m0/s1. The fraction of sp³-hybridized carbons (Fsp3) is 0.412. The first kappa shape index (κ1) is 21.1. The Kier molecular flexibility index (Phi) is 8.23. The zero-order valence-electron chi connectivity index (χ0n) is 14.4.